The molecule has 2 amide bonds. The van der Waals surface area contributed by atoms with Gasteiger partial charge in [-0.1, -0.05) is 17.7 Å². The molecule has 1 saturated carbocycles. The van der Waals surface area contributed by atoms with Crippen molar-refractivity contribution in [1.82, 2.24) is 14.9 Å². The van der Waals surface area contributed by atoms with Gasteiger partial charge in [-0.3, -0.25) is 9.59 Å². The second kappa shape index (κ2) is 7.46. The van der Waals surface area contributed by atoms with Gasteiger partial charge in [0.1, 0.15) is 5.82 Å². The largest absolute Gasteiger partial charge is 0.355 e. The van der Waals surface area contributed by atoms with Crippen LogP contribution in [0.25, 0.3) is 11.0 Å². The smallest absolute Gasteiger partial charge is 0.255 e. The lowest BCUT2D eigenvalue weighted by atomic mass is 10.1. The normalized spacial score (nSPS) is 13.5. The first-order valence-corrected chi connectivity index (χ1v) is 9.62. The van der Waals surface area contributed by atoms with E-state index in [1.54, 1.807) is 6.07 Å². The highest BCUT2D eigenvalue weighted by Gasteiger charge is 2.29. The highest BCUT2D eigenvalue weighted by molar-refractivity contribution is 6.05. The van der Waals surface area contributed by atoms with Crippen molar-refractivity contribution in [2.75, 3.05) is 11.9 Å². The number of benzene rings is 2. The van der Waals surface area contributed by atoms with Crippen molar-refractivity contribution in [3.63, 3.8) is 0 Å². The maximum Gasteiger partial charge on any atom is 0.255 e. The van der Waals surface area contributed by atoms with Crippen LogP contribution in [0.1, 0.15) is 34.6 Å². The number of anilines is 1. The van der Waals surface area contributed by atoms with Crippen molar-refractivity contribution in [3.05, 3.63) is 59.4 Å². The Bertz CT molecular complexity index is 1050. The van der Waals surface area contributed by atoms with Gasteiger partial charge in [0.05, 0.1) is 11.0 Å². The zero-order valence-electron chi connectivity index (χ0n) is 16.2. The maximum atomic E-state index is 12.5. The van der Waals surface area contributed by atoms with Crippen molar-refractivity contribution in [1.29, 1.82) is 0 Å². The Morgan fingerprint density at radius 3 is 2.75 bits per heavy atom. The molecule has 1 fully saturated rings. The number of aromatic nitrogens is 2. The first kappa shape index (κ1) is 18.2. The third-order valence-electron chi connectivity index (χ3n) is 5.11. The van der Waals surface area contributed by atoms with Crippen LogP contribution < -0.4 is 10.6 Å². The SMILES string of the molecule is Cc1cccc(C(=O)Nc2ccc3c(c2)nc(CCNC(=O)C2CC2)n3C)c1. The molecule has 0 unspecified atom stereocenters. The third-order valence-corrected chi connectivity index (χ3v) is 5.11. The zero-order valence-corrected chi connectivity index (χ0v) is 16.2. The average Bonchev–Trinajstić information content (AvgIpc) is 3.48. The number of nitrogens with zero attached hydrogens (tertiary/aromatic N) is 2. The molecule has 0 bridgehead atoms. The van der Waals surface area contributed by atoms with Crippen molar-refractivity contribution >= 4 is 28.5 Å². The minimum absolute atomic E-state index is 0.137. The van der Waals surface area contributed by atoms with E-state index in [9.17, 15) is 9.59 Å². The second-order valence-corrected chi connectivity index (χ2v) is 7.43. The van der Waals surface area contributed by atoms with E-state index in [4.69, 9.17) is 0 Å². The fourth-order valence-electron chi connectivity index (χ4n) is 3.33. The Morgan fingerprint density at radius 1 is 1.18 bits per heavy atom. The van der Waals surface area contributed by atoms with Crippen LogP contribution in [0.2, 0.25) is 0 Å². The lowest BCUT2D eigenvalue weighted by molar-refractivity contribution is -0.122. The monoisotopic (exact) mass is 376 g/mol. The molecule has 0 radical (unpaired) electrons. The van der Waals surface area contributed by atoms with E-state index < -0.39 is 0 Å². The van der Waals surface area contributed by atoms with Gasteiger partial charge < -0.3 is 15.2 Å². The number of rotatable bonds is 6. The molecular formula is C22H24N4O2. The molecule has 2 aromatic carbocycles. The molecule has 144 valence electrons. The summed E-state index contributed by atoms with van der Waals surface area (Å²) in [5.41, 5.74) is 4.22. The topological polar surface area (TPSA) is 76.0 Å². The molecule has 0 aliphatic heterocycles. The van der Waals surface area contributed by atoms with E-state index >= 15 is 0 Å². The summed E-state index contributed by atoms with van der Waals surface area (Å²) in [5.74, 6) is 1.15. The van der Waals surface area contributed by atoms with E-state index in [-0.39, 0.29) is 17.7 Å². The molecule has 6 heteroatoms. The highest BCUT2D eigenvalue weighted by atomic mass is 16.2. The molecule has 1 aromatic heterocycles. The van der Waals surface area contributed by atoms with Crippen LogP contribution in [0.5, 0.6) is 0 Å². The standard InChI is InChI=1S/C22H24N4O2/c1-14-4-3-5-16(12-14)22(28)24-17-8-9-19-18(13-17)25-20(26(19)2)10-11-23-21(27)15-6-7-15/h3-5,8-9,12-13,15H,6-7,10-11H2,1-2H3,(H,23,27)(H,24,28). The molecule has 3 aromatic rings. The lowest BCUT2D eigenvalue weighted by Crippen LogP contribution is -2.27. The van der Waals surface area contributed by atoms with E-state index in [1.807, 2.05) is 54.9 Å². The van der Waals surface area contributed by atoms with E-state index in [2.05, 4.69) is 15.6 Å². The zero-order chi connectivity index (χ0) is 19.7. The van der Waals surface area contributed by atoms with Crippen LogP contribution in [0.15, 0.2) is 42.5 Å². The number of amides is 2. The third kappa shape index (κ3) is 3.91. The number of nitrogens with one attached hydrogen (secondary N) is 2. The number of carbonyl (C=O) groups excluding carboxylic acids is 2. The summed E-state index contributed by atoms with van der Waals surface area (Å²) >= 11 is 0. The summed E-state index contributed by atoms with van der Waals surface area (Å²) in [6, 6.07) is 13.2. The molecule has 1 heterocycles. The molecule has 6 nitrogen and oxygen atoms in total. The van der Waals surface area contributed by atoms with Gasteiger partial charge in [0, 0.05) is 37.2 Å². The number of carbonyl (C=O) groups is 2. The first-order chi connectivity index (χ1) is 13.5. The van der Waals surface area contributed by atoms with Gasteiger partial charge in [-0.2, -0.15) is 0 Å². The Hall–Kier alpha value is -3.15. The number of hydrogen-bond acceptors (Lipinski definition) is 3. The molecule has 0 atom stereocenters. The van der Waals surface area contributed by atoms with Gasteiger partial charge in [0.25, 0.3) is 5.91 Å². The summed E-state index contributed by atoms with van der Waals surface area (Å²) in [4.78, 5) is 28.9. The van der Waals surface area contributed by atoms with Crippen LogP contribution in [-0.4, -0.2) is 27.9 Å². The van der Waals surface area contributed by atoms with Crippen LogP contribution in [-0.2, 0) is 18.3 Å². The number of imidazole rings is 1. The number of fused-ring (bicyclic) bond motifs is 1. The van der Waals surface area contributed by atoms with Crippen molar-refractivity contribution in [2.24, 2.45) is 13.0 Å². The molecule has 4 rings (SSSR count). The van der Waals surface area contributed by atoms with Gasteiger partial charge >= 0.3 is 0 Å². The van der Waals surface area contributed by atoms with Crippen LogP contribution in [0.3, 0.4) is 0 Å². The molecule has 0 saturated heterocycles. The minimum atomic E-state index is -0.137. The Labute approximate surface area is 164 Å². The maximum absolute atomic E-state index is 12.5. The van der Waals surface area contributed by atoms with Crippen molar-refractivity contribution in [2.45, 2.75) is 26.2 Å². The van der Waals surface area contributed by atoms with Gasteiger partial charge in [0.2, 0.25) is 5.91 Å². The molecule has 2 N–H and O–H groups in total. The van der Waals surface area contributed by atoms with Gasteiger partial charge in [-0.25, -0.2) is 4.98 Å². The molecule has 1 aliphatic carbocycles. The van der Waals surface area contributed by atoms with E-state index in [0.29, 0.717) is 24.2 Å². The first-order valence-electron chi connectivity index (χ1n) is 9.62. The molecule has 28 heavy (non-hydrogen) atoms. The fraction of sp³-hybridized carbons (Fsp3) is 0.318. The second-order valence-electron chi connectivity index (χ2n) is 7.43. The number of aryl methyl sites for hydroxylation is 2. The lowest BCUT2D eigenvalue weighted by Gasteiger charge is -2.06. The summed E-state index contributed by atoms with van der Waals surface area (Å²) in [5, 5.41) is 5.91. The predicted octanol–water partition coefficient (Wildman–Crippen LogP) is 3.20. The van der Waals surface area contributed by atoms with Gasteiger partial charge in [0.15, 0.2) is 0 Å². The molecule has 0 spiro atoms. The average molecular weight is 376 g/mol. The van der Waals surface area contributed by atoms with Crippen molar-refractivity contribution < 1.29 is 9.59 Å². The fourth-order valence-corrected chi connectivity index (χ4v) is 3.33. The number of hydrogen-bond donors (Lipinski definition) is 2. The van der Waals surface area contributed by atoms with E-state index in [1.165, 1.54) is 0 Å². The van der Waals surface area contributed by atoms with Crippen LogP contribution in [0, 0.1) is 12.8 Å². The van der Waals surface area contributed by atoms with Gasteiger partial charge in [-0.15, -0.1) is 0 Å². The van der Waals surface area contributed by atoms with E-state index in [0.717, 1.165) is 35.3 Å². The Morgan fingerprint density at radius 2 is 2.00 bits per heavy atom. The molecular weight excluding hydrogens is 352 g/mol. The predicted molar refractivity (Wildman–Crippen MR) is 109 cm³/mol. The Balaban J connectivity index is 1.46. The molecule has 1 aliphatic rings. The summed E-state index contributed by atoms with van der Waals surface area (Å²) in [6.45, 7) is 2.55. The summed E-state index contributed by atoms with van der Waals surface area (Å²) in [6.07, 6.45) is 2.69. The minimum Gasteiger partial charge on any atom is -0.355 e. The highest BCUT2D eigenvalue weighted by Crippen LogP contribution is 2.28. The summed E-state index contributed by atoms with van der Waals surface area (Å²) < 4.78 is 2.03. The van der Waals surface area contributed by atoms with Crippen molar-refractivity contribution in [3.8, 4) is 0 Å². The van der Waals surface area contributed by atoms with Gasteiger partial charge in [-0.05, 0) is 50.1 Å². The Kier molecular flexibility index (Phi) is 4.86. The van der Waals surface area contributed by atoms with Crippen LogP contribution >= 0.6 is 0 Å². The summed E-state index contributed by atoms with van der Waals surface area (Å²) in [7, 11) is 1.97. The quantitative estimate of drug-likeness (QED) is 0.694. The van der Waals surface area contributed by atoms with Crippen LogP contribution in [0.4, 0.5) is 5.69 Å².